The molecule has 2 aliphatic heterocycles. The molecule has 0 spiro atoms. The van der Waals surface area contributed by atoms with Crippen LogP contribution in [0.15, 0.2) is 24.3 Å². The topological polar surface area (TPSA) is 79.9 Å². The highest BCUT2D eigenvalue weighted by Gasteiger charge is 2.35. The highest BCUT2D eigenvalue weighted by molar-refractivity contribution is 5.97. The number of ether oxygens (including phenoxy) is 2. The van der Waals surface area contributed by atoms with Crippen molar-refractivity contribution in [3.05, 3.63) is 24.3 Å². The first kappa shape index (κ1) is 19.5. The normalized spacial score (nSPS) is 26.1. The first-order valence-corrected chi connectivity index (χ1v) is 8.18. The number of methoxy groups -OCH3 is 1. The minimum Gasteiger partial charge on any atom is -0.497 e. The maximum absolute atomic E-state index is 12.4. The summed E-state index contributed by atoms with van der Waals surface area (Å²) in [4.78, 5) is 26.4. The predicted octanol–water partition coefficient (Wildman–Crippen LogP) is 0.715. The van der Waals surface area contributed by atoms with Gasteiger partial charge in [0.15, 0.2) is 0 Å². The number of amides is 2. The van der Waals surface area contributed by atoms with Crippen LogP contribution in [-0.4, -0.2) is 56.8 Å². The Kier molecular flexibility index (Phi) is 6.64. The number of carbonyl (C=O) groups excluding carboxylic acids is 2. The maximum atomic E-state index is 12.4. The van der Waals surface area contributed by atoms with Crippen LogP contribution in [0.5, 0.6) is 5.75 Å². The van der Waals surface area contributed by atoms with E-state index in [4.69, 9.17) is 9.47 Å². The predicted molar refractivity (Wildman–Crippen MR) is 96.3 cm³/mol. The molecule has 0 saturated carbocycles. The van der Waals surface area contributed by atoms with Gasteiger partial charge in [-0.1, -0.05) is 6.07 Å². The molecule has 25 heavy (non-hydrogen) atoms. The number of morpholine rings is 1. The zero-order chi connectivity index (χ0) is 17.1. The Hall–Kier alpha value is -1.83. The van der Waals surface area contributed by atoms with Crippen LogP contribution in [0.4, 0.5) is 5.69 Å². The van der Waals surface area contributed by atoms with Gasteiger partial charge in [-0.05, 0) is 19.1 Å². The SMILES string of the molecule is COc1cccc(N2CC(NC(=O)[C@H]3NCCO[C@@H]3C)CC2=O)c1.Cl. The Bertz CT molecular complexity index is 628. The number of nitrogens with one attached hydrogen (secondary N) is 2. The molecule has 0 aromatic heterocycles. The van der Waals surface area contributed by atoms with Crippen molar-refractivity contribution < 1.29 is 19.1 Å². The summed E-state index contributed by atoms with van der Waals surface area (Å²) in [6.07, 6.45) is 0.121. The van der Waals surface area contributed by atoms with E-state index in [0.29, 0.717) is 31.9 Å². The summed E-state index contributed by atoms with van der Waals surface area (Å²) in [5.41, 5.74) is 0.781. The number of carbonyl (C=O) groups is 2. The lowest BCUT2D eigenvalue weighted by Crippen LogP contribution is -2.57. The number of nitrogens with zero attached hydrogens (tertiary/aromatic N) is 1. The number of rotatable bonds is 4. The molecular weight excluding hydrogens is 346 g/mol. The Morgan fingerprint density at radius 1 is 1.44 bits per heavy atom. The van der Waals surface area contributed by atoms with Crippen LogP contribution in [0.2, 0.25) is 0 Å². The Labute approximate surface area is 153 Å². The van der Waals surface area contributed by atoms with Gasteiger partial charge in [0.1, 0.15) is 11.8 Å². The Balaban J connectivity index is 0.00000225. The molecule has 138 valence electrons. The van der Waals surface area contributed by atoms with Gasteiger partial charge in [-0.15, -0.1) is 12.4 Å². The summed E-state index contributed by atoms with van der Waals surface area (Å²) in [5.74, 6) is 0.576. The van der Waals surface area contributed by atoms with Gasteiger partial charge < -0.3 is 25.0 Å². The standard InChI is InChI=1S/C17H23N3O4.ClH/c1-11-16(18-6-7-24-11)17(22)19-12-8-15(21)20(10-12)13-4-3-5-14(9-13)23-2;/h3-5,9,11-12,16,18H,6-8,10H2,1-2H3,(H,19,22);1H/t11-,12?,16+;/m1./s1. The van der Waals surface area contributed by atoms with E-state index in [1.165, 1.54) is 0 Å². The molecule has 2 heterocycles. The van der Waals surface area contributed by atoms with Crippen molar-refractivity contribution in [2.45, 2.75) is 31.5 Å². The van der Waals surface area contributed by atoms with E-state index < -0.39 is 0 Å². The van der Waals surface area contributed by atoms with Gasteiger partial charge in [-0.25, -0.2) is 0 Å². The molecule has 2 aliphatic rings. The number of halogens is 1. The summed E-state index contributed by atoms with van der Waals surface area (Å²) in [7, 11) is 1.59. The van der Waals surface area contributed by atoms with Gasteiger partial charge in [0, 0.05) is 31.3 Å². The third kappa shape index (κ3) is 4.42. The second-order valence-electron chi connectivity index (χ2n) is 6.12. The first-order valence-electron chi connectivity index (χ1n) is 8.18. The van der Waals surface area contributed by atoms with Crippen molar-refractivity contribution in [3.63, 3.8) is 0 Å². The van der Waals surface area contributed by atoms with E-state index in [1.807, 2.05) is 31.2 Å². The van der Waals surface area contributed by atoms with Gasteiger partial charge >= 0.3 is 0 Å². The monoisotopic (exact) mass is 369 g/mol. The molecule has 0 bridgehead atoms. The summed E-state index contributed by atoms with van der Waals surface area (Å²) in [6, 6.07) is 6.79. The van der Waals surface area contributed by atoms with E-state index in [2.05, 4.69) is 10.6 Å². The van der Waals surface area contributed by atoms with E-state index in [0.717, 1.165) is 5.69 Å². The third-order valence-corrected chi connectivity index (χ3v) is 4.44. The zero-order valence-corrected chi connectivity index (χ0v) is 15.2. The quantitative estimate of drug-likeness (QED) is 0.817. The average Bonchev–Trinajstić information content (AvgIpc) is 2.95. The summed E-state index contributed by atoms with van der Waals surface area (Å²) >= 11 is 0. The molecule has 2 amide bonds. The maximum Gasteiger partial charge on any atom is 0.240 e. The molecule has 3 atom stereocenters. The summed E-state index contributed by atoms with van der Waals surface area (Å²) in [6.45, 7) is 3.59. The van der Waals surface area contributed by atoms with Gasteiger partial charge in [0.2, 0.25) is 11.8 Å². The fourth-order valence-corrected chi connectivity index (χ4v) is 3.15. The van der Waals surface area contributed by atoms with E-state index in [-0.39, 0.29) is 42.4 Å². The second-order valence-corrected chi connectivity index (χ2v) is 6.12. The Morgan fingerprint density at radius 2 is 2.24 bits per heavy atom. The highest BCUT2D eigenvalue weighted by Crippen LogP contribution is 2.25. The van der Waals surface area contributed by atoms with Crippen LogP contribution in [0.25, 0.3) is 0 Å². The van der Waals surface area contributed by atoms with Crippen LogP contribution in [-0.2, 0) is 14.3 Å². The number of anilines is 1. The number of hydrogen-bond donors (Lipinski definition) is 2. The highest BCUT2D eigenvalue weighted by atomic mass is 35.5. The van der Waals surface area contributed by atoms with E-state index in [9.17, 15) is 9.59 Å². The molecular formula is C17H24ClN3O4. The molecule has 8 heteroatoms. The van der Waals surface area contributed by atoms with Crippen LogP contribution < -0.4 is 20.3 Å². The molecule has 1 aromatic rings. The summed E-state index contributed by atoms with van der Waals surface area (Å²) < 4.78 is 10.7. The average molecular weight is 370 g/mol. The first-order chi connectivity index (χ1) is 11.6. The molecule has 7 nitrogen and oxygen atoms in total. The fraction of sp³-hybridized carbons (Fsp3) is 0.529. The van der Waals surface area contributed by atoms with E-state index >= 15 is 0 Å². The van der Waals surface area contributed by atoms with Crippen molar-refractivity contribution in [3.8, 4) is 5.75 Å². The van der Waals surface area contributed by atoms with Crippen LogP contribution in [0, 0.1) is 0 Å². The zero-order valence-electron chi connectivity index (χ0n) is 14.4. The third-order valence-electron chi connectivity index (χ3n) is 4.44. The molecule has 1 unspecified atom stereocenters. The smallest absolute Gasteiger partial charge is 0.240 e. The molecule has 2 fully saturated rings. The van der Waals surface area contributed by atoms with Crippen LogP contribution >= 0.6 is 12.4 Å². The van der Waals surface area contributed by atoms with Gasteiger partial charge in [-0.2, -0.15) is 0 Å². The van der Waals surface area contributed by atoms with Crippen molar-refractivity contribution in [2.24, 2.45) is 0 Å². The Morgan fingerprint density at radius 3 is 2.96 bits per heavy atom. The minimum absolute atomic E-state index is 0. The molecule has 0 radical (unpaired) electrons. The van der Waals surface area contributed by atoms with Gasteiger partial charge in [0.05, 0.1) is 25.9 Å². The molecule has 2 saturated heterocycles. The lowest BCUT2D eigenvalue weighted by atomic mass is 10.1. The van der Waals surface area contributed by atoms with E-state index in [1.54, 1.807) is 12.0 Å². The van der Waals surface area contributed by atoms with Gasteiger partial charge in [-0.3, -0.25) is 9.59 Å². The number of hydrogen-bond acceptors (Lipinski definition) is 5. The van der Waals surface area contributed by atoms with Crippen molar-refractivity contribution >= 4 is 29.9 Å². The van der Waals surface area contributed by atoms with Crippen molar-refractivity contribution in [1.82, 2.24) is 10.6 Å². The lowest BCUT2D eigenvalue weighted by Gasteiger charge is -2.30. The lowest BCUT2D eigenvalue weighted by molar-refractivity contribution is -0.129. The fourth-order valence-electron chi connectivity index (χ4n) is 3.15. The minimum atomic E-state index is -0.375. The summed E-state index contributed by atoms with van der Waals surface area (Å²) in [5, 5.41) is 6.12. The largest absolute Gasteiger partial charge is 0.497 e. The molecule has 0 aliphatic carbocycles. The van der Waals surface area contributed by atoms with Crippen LogP contribution in [0.3, 0.4) is 0 Å². The van der Waals surface area contributed by atoms with Crippen molar-refractivity contribution in [1.29, 1.82) is 0 Å². The van der Waals surface area contributed by atoms with Crippen LogP contribution in [0.1, 0.15) is 13.3 Å². The number of benzene rings is 1. The second kappa shape index (κ2) is 8.51. The van der Waals surface area contributed by atoms with Crippen molar-refractivity contribution in [2.75, 3.05) is 31.7 Å². The molecule has 2 N–H and O–H groups in total. The van der Waals surface area contributed by atoms with Gasteiger partial charge in [0.25, 0.3) is 0 Å². The molecule has 1 aromatic carbocycles. The molecule has 3 rings (SSSR count).